The number of ketones is 1. The predicted octanol–water partition coefficient (Wildman–Crippen LogP) is 6.97. The zero-order chi connectivity index (χ0) is 29.4. The van der Waals surface area contributed by atoms with Gasteiger partial charge in [0, 0.05) is 16.8 Å². The summed E-state index contributed by atoms with van der Waals surface area (Å²) in [7, 11) is 0. The molecule has 9 heteroatoms. The highest BCUT2D eigenvalue weighted by Crippen LogP contribution is 2.35. The van der Waals surface area contributed by atoms with Crippen molar-refractivity contribution in [3.8, 4) is 17.1 Å². The van der Waals surface area contributed by atoms with Gasteiger partial charge in [-0.3, -0.25) is 14.2 Å². The summed E-state index contributed by atoms with van der Waals surface area (Å²) in [6.07, 6.45) is 1.82. The number of allylic oxidation sites excluding steroid dienone is 2. The molecule has 0 aliphatic carbocycles. The Labute approximate surface area is 255 Å². The van der Waals surface area contributed by atoms with Crippen LogP contribution >= 0.6 is 34.5 Å². The number of halogens is 2. The van der Waals surface area contributed by atoms with E-state index in [9.17, 15) is 9.59 Å². The molecule has 42 heavy (non-hydrogen) atoms. The van der Waals surface area contributed by atoms with Crippen molar-refractivity contribution >= 4 is 46.4 Å². The van der Waals surface area contributed by atoms with Gasteiger partial charge in [0.15, 0.2) is 10.6 Å². The Morgan fingerprint density at radius 1 is 1.02 bits per heavy atom. The minimum atomic E-state index is -0.758. The van der Waals surface area contributed by atoms with Crippen LogP contribution in [0.4, 0.5) is 0 Å². The molecule has 3 heterocycles. The standard InChI is InChI=1S/C33H24Cl2N2O4S/c1-19-30(20(2)38)31(28-15-14-27(41-28)23-10-13-25(34)26(35)17-23)37-32(39)29(42-33(37)36-19)16-21-8-11-24(12-9-21)40-18-22-6-4-3-5-7-22/h3-17,31H,18H2,1-2H3/b29-16+/t31-/m1/s1. The molecule has 0 saturated carbocycles. The first-order chi connectivity index (χ1) is 20.3. The smallest absolute Gasteiger partial charge is 0.271 e. The molecule has 5 aromatic rings. The van der Waals surface area contributed by atoms with Crippen molar-refractivity contribution in [1.82, 2.24) is 4.57 Å². The highest BCUT2D eigenvalue weighted by molar-refractivity contribution is 7.07. The Kier molecular flexibility index (Phi) is 7.73. The number of rotatable bonds is 7. The summed E-state index contributed by atoms with van der Waals surface area (Å²) in [6, 6.07) is 25.5. The van der Waals surface area contributed by atoms with Gasteiger partial charge in [0.25, 0.3) is 5.56 Å². The summed E-state index contributed by atoms with van der Waals surface area (Å²) in [6.45, 7) is 3.72. The van der Waals surface area contributed by atoms with E-state index in [0.717, 1.165) is 22.4 Å². The quantitative estimate of drug-likeness (QED) is 0.198. The number of carbonyl (C=O) groups is 1. The highest BCUT2D eigenvalue weighted by Gasteiger charge is 2.33. The molecule has 0 unspecified atom stereocenters. The van der Waals surface area contributed by atoms with Gasteiger partial charge in [-0.15, -0.1) is 0 Å². The SMILES string of the molecule is CC(=O)C1=C(C)N=c2s/c(=C/c3ccc(OCc4ccccc4)cc3)c(=O)n2[C@@H]1c1ccc(-c2ccc(Cl)c(Cl)c2)o1. The number of furan rings is 1. The highest BCUT2D eigenvalue weighted by atomic mass is 35.5. The van der Waals surface area contributed by atoms with E-state index in [1.165, 1.54) is 22.8 Å². The van der Waals surface area contributed by atoms with E-state index in [0.29, 0.717) is 48.8 Å². The number of hydrogen-bond acceptors (Lipinski definition) is 6. The Bertz CT molecular complexity index is 2020. The molecule has 0 bridgehead atoms. The third-order valence-electron chi connectivity index (χ3n) is 6.93. The van der Waals surface area contributed by atoms with Crippen LogP contribution in [-0.2, 0) is 11.4 Å². The zero-order valence-electron chi connectivity index (χ0n) is 22.6. The molecular formula is C33H24Cl2N2O4S. The maximum atomic E-state index is 13.8. The fourth-order valence-corrected chi connectivity index (χ4v) is 6.24. The lowest BCUT2D eigenvalue weighted by Gasteiger charge is -2.22. The molecule has 6 nitrogen and oxygen atoms in total. The van der Waals surface area contributed by atoms with Crippen LogP contribution in [0.25, 0.3) is 17.4 Å². The summed E-state index contributed by atoms with van der Waals surface area (Å²) < 4.78 is 14.1. The average Bonchev–Trinajstić information content (AvgIpc) is 3.59. The molecule has 1 atom stereocenters. The summed E-state index contributed by atoms with van der Waals surface area (Å²) in [5.41, 5.74) is 3.34. The third-order valence-corrected chi connectivity index (χ3v) is 8.65. The Morgan fingerprint density at radius 2 is 1.79 bits per heavy atom. The molecule has 0 saturated heterocycles. The Hall–Kier alpha value is -4.17. The van der Waals surface area contributed by atoms with Crippen LogP contribution in [0.2, 0.25) is 10.0 Å². The summed E-state index contributed by atoms with van der Waals surface area (Å²) >= 11 is 13.6. The summed E-state index contributed by atoms with van der Waals surface area (Å²) in [4.78, 5) is 31.8. The van der Waals surface area contributed by atoms with E-state index in [2.05, 4.69) is 4.99 Å². The van der Waals surface area contributed by atoms with Crippen LogP contribution in [0.3, 0.4) is 0 Å². The van der Waals surface area contributed by atoms with Gasteiger partial charge in [0.2, 0.25) is 0 Å². The normalized spacial score (nSPS) is 15.0. The van der Waals surface area contributed by atoms with Gasteiger partial charge in [-0.25, -0.2) is 4.99 Å². The lowest BCUT2D eigenvalue weighted by Crippen LogP contribution is -2.39. The molecule has 210 valence electrons. The van der Waals surface area contributed by atoms with Gasteiger partial charge in [-0.05, 0) is 73.5 Å². The molecule has 1 aliphatic heterocycles. The van der Waals surface area contributed by atoms with Crippen molar-refractivity contribution in [2.24, 2.45) is 4.99 Å². The van der Waals surface area contributed by atoms with Gasteiger partial charge in [0.1, 0.15) is 29.9 Å². The lowest BCUT2D eigenvalue weighted by atomic mass is 9.98. The van der Waals surface area contributed by atoms with Crippen molar-refractivity contribution < 1.29 is 13.9 Å². The third kappa shape index (κ3) is 5.51. The van der Waals surface area contributed by atoms with E-state index in [4.69, 9.17) is 32.4 Å². The first-order valence-electron chi connectivity index (χ1n) is 13.1. The van der Waals surface area contributed by atoms with Crippen molar-refractivity contribution in [3.05, 3.63) is 143 Å². The average molecular weight is 616 g/mol. The molecule has 2 aromatic heterocycles. The van der Waals surface area contributed by atoms with Crippen molar-refractivity contribution in [2.75, 3.05) is 0 Å². The molecule has 3 aromatic carbocycles. The first kappa shape index (κ1) is 28.0. The number of nitrogens with zero attached hydrogens (tertiary/aromatic N) is 2. The number of fused-ring (bicyclic) bond motifs is 1. The lowest BCUT2D eigenvalue weighted by molar-refractivity contribution is -0.114. The maximum absolute atomic E-state index is 13.8. The van der Waals surface area contributed by atoms with Crippen LogP contribution in [-0.4, -0.2) is 10.4 Å². The van der Waals surface area contributed by atoms with Crippen molar-refractivity contribution in [1.29, 1.82) is 0 Å². The molecule has 1 aliphatic rings. The molecule has 0 spiro atoms. The van der Waals surface area contributed by atoms with Gasteiger partial charge < -0.3 is 9.15 Å². The molecule has 0 radical (unpaired) electrons. The van der Waals surface area contributed by atoms with Crippen LogP contribution in [0.5, 0.6) is 5.75 Å². The minimum absolute atomic E-state index is 0.186. The second-order valence-corrected chi connectivity index (χ2v) is 11.6. The number of carbonyl (C=O) groups excluding carboxylic acids is 1. The van der Waals surface area contributed by atoms with Gasteiger partial charge in [0.05, 0.1) is 14.6 Å². The monoisotopic (exact) mass is 614 g/mol. The number of benzene rings is 3. The first-order valence-corrected chi connectivity index (χ1v) is 14.7. The van der Waals surface area contributed by atoms with E-state index < -0.39 is 6.04 Å². The predicted molar refractivity (Wildman–Crippen MR) is 166 cm³/mol. The number of hydrogen-bond donors (Lipinski definition) is 0. The molecule has 0 N–H and O–H groups in total. The van der Waals surface area contributed by atoms with E-state index in [1.54, 1.807) is 37.3 Å². The van der Waals surface area contributed by atoms with Crippen molar-refractivity contribution in [2.45, 2.75) is 26.5 Å². The number of Topliss-reactive ketones (excluding diaryl/α,β-unsaturated/α-hetero) is 1. The topological polar surface area (TPSA) is 73.8 Å². The van der Waals surface area contributed by atoms with Crippen LogP contribution < -0.4 is 19.6 Å². The van der Waals surface area contributed by atoms with Gasteiger partial charge >= 0.3 is 0 Å². The zero-order valence-corrected chi connectivity index (χ0v) is 25.0. The van der Waals surface area contributed by atoms with Gasteiger partial charge in [-0.2, -0.15) is 0 Å². The van der Waals surface area contributed by atoms with Crippen LogP contribution in [0, 0.1) is 0 Å². The van der Waals surface area contributed by atoms with Crippen molar-refractivity contribution in [3.63, 3.8) is 0 Å². The fourth-order valence-electron chi connectivity index (χ4n) is 4.90. The maximum Gasteiger partial charge on any atom is 0.271 e. The second-order valence-electron chi connectivity index (χ2n) is 9.81. The molecular weight excluding hydrogens is 591 g/mol. The summed E-state index contributed by atoms with van der Waals surface area (Å²) in [5.74, 6) is 1.53. The number of thiazole rings is 1. The molecule has 6 rings (SSSR count). The van der Waals surface area contributed by atoms with Crippen LogP contribution in [0.1, 0.15) is 36.8 Å². The Balaban J connectivity index is 1.35. The van der Waals surface area contributed by atoms with Gasteiger partial charge in [-0.1, -0.05) is 77.0 Å². The molecule has 0 fully saturated rings. The summed E-state index contributed by atoms with van der Waals surface area (Å²) in [5, 5.41) is 0.835. The fraction of sp³-hybridized carbons (Fsp3) is 0.121. The van der Waals surface area contributed by atoms with Crippen LogP contribution in [0.15, 0.2) is 110 Å². The van der Waals surface area contributed by atoms with E-state index in [-0.39, 0.29) is 11.3 Å². The van der Waals surface area contributed by atoms with E-state index in [1.807, 2.05) is 60.7 Å². The number of aromatic nitrogens is 1. The largest absolute Gasteiger partial charge is 0.489 e. The van der Waals surface area contributed by atoms with E-state index >= 15 is 0 Å². The molecule has 0 amide bonds. The minimum Gasteiger partial charge on any atom is -0.489 e. The second kappa shape index (κ2) is 11.6. The number of ether oxygens (including phenoxy) is 1. The Morgan fingerprint density at radius 3 is 2.50 bits per heavy atom.